The number of hydrogen-bond donors (Lipinski definition) is 2. The van der Waals surface area contributed by atoms with Crippen LogP contribution in [0.5, 0.6) is 0 Å². The molecule has 10 nitrogen and oxygen atoms in total. The van der Waals surface area contributed by atoms with Crippen molar-refractivity contribution in [2.24, 2.45) is 0 Å². The van der Waals surface area contributed by atoms with Gasteiger partial charge in [0.2, 0.25) is 0 Å². The van der Waals surface area contributed by atoms with E-state index >= 15 is 0 Å². The summed E-state index contributed by atoms with van der Waals surface area (Å²) in [5.74, 6) is -1.80. The van der Waals surface area contributed by atoms with E-state index < -0.39 is 28.4 Å². The molecule has 158 valence electrons. The minimum Gasteiger partial charge on any atom is -0.462 e. The number of ether oxygens (including phenoxy) is 1. The monoisotopic (exact) mass is 423 g/mol. The highest BCUT2D eigenvalue weighted by molar-refractivity contribution is 6.07. The van der Waals surface area contributed by atoms with Crippen molar-refractivity contribution in [3.05, 3.63) is 87.9 Å². The second-order valence-corrected chi connectivity index (χ2v) is 6.21. The Bertz CT molecular complexity index is 1140. The molecule has 0 fully saturated rings. The summed E-state index contributed by atoms with van der Waals surface area (Å²) in [7, 11) is 0. The fourth-order valence-corrected chi connectivity index (χ4v) is 2.66. The predicted octanol–water partition coefficient (Wildman–Crippen LogP) is 3.87. The van der Waals surface area contributed by atoms with Crippen LogP contribution in [0.3, 0.4) is 0 Å². The van der Waals surface area contributed by atoms with Crippen LogP contribution in [0.15, 0.2) is 65.3 Å². The predicted molar refractivity (Wildman–Crippen MR) is 110 cm³/mol. The molecule has 0 unspecified atom stereocenters. The third kappa shape index (κ3) is 5.32. The molecule has 0 saturated heterocycles. The summed E-state index contributed by atoms with van der Waals surface area (Å²) in [6.45, 7) is 1.68. The summed E-state index contributed by atoms with van der Waals surface area (Å²) in [4.78, 5) is 47.2. The van der Waals surface area contributed by atoms with E-state index in [1.165, 1.54) is 24.5 Å². The lowest BCUT2D eigenvalue weighted by molar-refractivity contribution is -0.384. The zero-order chi connectivity index (χ0) is 22.4. The molecule has 0 radical (unpaired) electrons. The lowest BCUT2D eigenvalue weighted by Gasteiger charge is -2.09. The lowest BCUT2D eigenvalue weighted by atomic mass is 10.1. The number of carbonyl (C=O) groups excluding carboxylic acids is 3. The van der Waals surface area contributed by atoms with Crippen LogP contribution in [0, 0.1) is 10.1 Å². The van der Waals surface area contributed by atoms with Crippen molar-refractivity contribution in [2.45, 2.75) is 6.92 Å². The van der Waals surface area contributed by atoms with E-state index in [0.29, 0.717) is 11.4 Å². The maximum Gasteiger partial charge on any atom is 0.338 e. The Kier molecular flexibility index (Phi) is 6.41. The average molecular weight is 423 g/mol. The number of nitrogens with zero attached hydrogens (tertiary/aromatic N) is 1. The van der Waals surface area contributed by atoms with Crippen LogP contribution in [-0.4, -0.2) is 29.3 Å². The van der Waals surface area contributed by atoms with Crippen molar-refractivity contribution in [2.75, 3.05) is 17.2 Å². The number of rotatable bonds is 7. The van der Waals surface area contributed by atoms with Gasteiger partial charge in [0.05, 0.1) is 23.4 Å². The number of nitrogens with one attached hydrogen (secondary N) is 2. The van der Waals surface area contributed by atoms with Gasteiger partial charge in [0.1, 0.15) is 0 Å². The molecule has 2 N–H and O–H groups in total. The molecule has 0 aliphatic rings. The first kappa shape index (κ1) is 21.2. The Morgan fingerprint density at radius 3 is 2.26 bits per heavy atom. The molecule has 0 aliphatic carbocycles. The lowest BCUT2D eigenvalue weighted by Crippen LogP contribution is -2.15. The number of nitro groups is 1. The fourth-order valence-electron chi connectivity index (χ4n) is 2.66. The van der Waals surface area contributed by atoms with Gasteiger partial charge in [0.15, 0.2) is 5.76 Å². The van der Waals surface area contributed by atoms with Crippen molar-refractivity contribution in [1.82, 2.24) is 0 Å². The molecule has 0 saturated carbocycles. The van der Waals surface area contributed by atoms with Gasteiger partial charge in [-0.05, 0) is 43.3 Å². The number of amides is 2. The highest BCUT2D eigenvalue weighted by atomic mass is 16.6. The molecule has 1 aromatic heterocycles. The van der Waals surface area contributed by atoms with Gasteiger partial charge in [-0.25, -0.2) is 4.79 Å². The Balaban J connectivity index is 1.80. The molecule has 2 amide bonds. The molecule has 3 aromatic rings. The quantitative estimate of drug-likeness (QED) is 0.334. The highest BCUT2D eigenvalue weighted by Gasteiger charge is 2.19. The maximum atomic E-state index is 12.7. The second kappa shape index (κ2) is 9.35. The summed E-state index contributed by atoms with van der Waals surface area (Å²) >= 11 is 0. The van der Waals surface area contributed by atoms with Gasteiger partial charge in [0.25, 0.3) is 17.5 Å². The Morgan fingerprint density at radius 1 is 0.968 bits per heavy atom. The Hall–Kier alpha value is -4.47. The zero-order valence-corrected chi connectivity index (χ0v) is 16.3. The molecule has 0 atom stereocenters. The normalized spacial score (nSPS) is 10.2. The van der Waals surface area contributed by atoms with Crippen molar-refractivity contribution in [3.63, 3.8) is 0 Å². The number of hydrogen-bond acceptors (Lipinski definition) is 7. The fraction of sp³-hybridized carbons (Fsp3) is 0.0952. The van der Waals surface area contributed by atoms with E-state index in [4.69, 9.17) is 9.15 Å². The minimum absolute atomic E-state index is 0.0829. The average Bonchev–Trinajstić information content (AvgIpc) is 3.29. The number of anilines is 2. The van der Waals surface area contributed by atoms with E-state index in [1.54, 1.807) is 31.2 Å². The van der Waals surface area contributed by atoms with Gasteiger partial charge in [-0.15, -0.1) is 0 Å². The van der Waals surface area contributed by atoms with Crippen molar-refractivity contribution < 1.29 is 28.5 Å². The third-order valence-electron chi connectivity index (χ3n) is 4.03. The third-order valence-corrected chi connectivity index (χ3v) is 4.03. The number of non-ortho nitro benzene ring substituents is 1. The Morgan fingerprint density at radius 2 is 1.65 bits per heavy atom. The van der Waals surface area contributed by atoms with Gasteiger partial charge in [-0.3, -0.25) is 19.7 Å². The SMILES string of the molecule is CCOC(=O)c1cc(C(=O)Nc2cccc(NC(=O)c3ccco3)c2)cc([N+](=O)[O-])c1. The van der Waals surface area contributed by atoms with Crippen molar-refractivity contribution in [1.29, 1.82) is 0 Å². The summed E-state index contributed by atoms with van der Waals surface area (Å²) < 4.78 is 9.88. The number of nitro benzene ring substituents is 1. The Labute approximate surface area is 176 Å². The first-order valence-corrected chi connectivity index (χ1v) is 9.10. The molecular formula is C21H17N3O7. The topological polar surface area (TPSA) is 141 Å². The van der Waals surface area contributed by atoms with E-state index in [9.17, 15) is 24.5 Å². The van der Waals surface area contributed by atoms with Gasteiger partial charge in [0, 0.05) is 29.1 Å². The van der Waals surface area contributed by atoms with Crippen LogP contribution in [-0.2, 0) is 4.74 Å². The van der Waals surface area contributed by atoms with Gasteiger partial charge in [-0.1, -0.05) is 6.07 Å². The standard InChI is InChI=1S/C21H17N3O7/c1-2-30-21(27)14-9-13(10-17(11-14)24(28)29)19(25)22-15-5-3-6-16(12-15)23-20(26)18-7-4-8-31-18/h3-12H,2H2,1H3,(H,22,25)(H,23,26). The molecule has 10 heteroatoms. The number of furan rings is 1. The van der Waals surface area contributed by atoms with Gasteiger partial charge < -0.3 is 19.8 Å². The van der Waals surface area contributed by atoms with Gasteiger partial charge >= 0.3 is 5.97 Å². The van der Waals surface area contributed by atoms with Crippen LogP contribution in [0.2, 0.25) is 0 Å². The highest BCUT2D eigenvalue weighted by Crippen LogP contribution is 2.21. The first-order chi connectivity index (χ1) is 14.9. The van der Waals surface area contributed by atoms with E-state index in [0.717, 1.165) is 12.1 Å². The minimum atomic E-state index is -0.775. The molecular weight excluding hydrogens is 406 g/mol. The smallest absolute Gasteiger partial charge is 0.338 e. The second-order valence-electron chi connectivity index (χ2n) is 6.21. The maximum absolute atomic E-state index is 12.7. The van der Waals surface area contributed by atoms with E-state index in [-0.39, 0.29) is 23.5 Å². The zero-order valence-electron chi connectivity index (χ0n) is 16.3. The summed E-state index contributed by atoms with van der Waals surface area (Å²) in [6, 6.07) is 12.7. The molecule has 3 rings (SSSR count). The van der Waals surface area contributed by atoms with Crippen molar-refractivity contribution >= 4 is 34.8 Å². The van der Waals surface area contributed by atoms with Crippen molar-refractivity contribution in [3.8, 4) is 0 Å². The number of esters is 1. The molecule has 0 aliphatic heterocycles. The largest absolute Gasteiger partial charge is 0.462 e. The van der Waals surface area contributed by atoms with Crippen LogP contribution >= 0.6 is 0 Å². The molecule has 31 heavy (non-hydrogen) atoms. The summed E-state index contributed by atoms with van der Waals surface area (Å²) in [6.07, 6.45) is 1.37. The molecule has 0 spiro atoms. The molecule has 1 heterocycles. The van der Waals surface area contributed by atoms with Crippen LogP contribution in [0.1, 0.15) is 38.2 Å². The summed E-state index contributed by atoms with van der Waals surface area (Å²) in [5.41, 5.74) is 0.0926. The molecule has 0 bridgehead atoms. The first-order valence-electron chi connectivity index (χ1n) is 9.10. The van der Waals surface area contributed by atoms with Crippen LogP contribution in [0.25, 0.3) is 0 Å². The van der Waals surface area contributed by atoms with E-state index in [1.807, 2.05) is 0 Å². The molecule has 2 aromatic carbocycles. The van der Waals surface area contributed by atoms with E-state index in [2.05, 4.69) is 10.6 Å². The van der Waals surface area contributed by atoms with Gasteiger partial charge in [-0.2, -0.15) is 0 Å². The summed E-state index contributed by atoms with van der Waals surface area (Å²) in [5, 5.41) is 16.4. The van der Waals surface area contributed by atoms with Crippen LogP contribution < -0.4 is 10.6 Å². The van der Waals surface area contributed by atoms with Crippen LogP contribution in [0.4, 0.5) is 17.1 Å². The number of benzene rings is 2. The number of carbonyl (C=O) groups is 3.